The zero-order chi connectivity index (χ0) is 15.4. The number of anilines is 2. The summed E-state index contributed by atoms with van der Waals surface area (Å²) in [4.78, 5) is 2.20. The minimum absolute atomic E-state index is 0.198. The fourth-order valence-electron chi connectivity index (χ4n) is 3.18. The lowest BCUT2D eigenvalue weighted by Gasteiger charge is -2.32. The van der Waals surface area contributed by atoms with Crippen molar-refractivity contribution >= 4 is 11.4 Å². The van der Waals surface area contributed by atoms with E-state index >= 15 is 0 Å². The fourth-order valence-corrected chi connectivity index (χ4v) is 3.18. The molecule has 2 heterocycles. The number of hydrogen-bond donors (Lipinski definition) is 2. The minimum atomic E-state index is -0.198. The van der Waals surface area contributed by atoms with Gasteiger partial charge in [-0.1, -0.05) is 0 Å². The fraction of sp³-hybridized carbons (Fsp3) is 0.588. The Morgan fingerprint density at radius 3 is 2.59 bits per heavy atom. The normalized spacial score (nSPS) is 20.6. The lowest BCUT2D eigenvalue weighted by molar-refractivity contribution is 0.0904. The summed E-state index contributed by atoms with van der Waals surface area (Å²) in [5.74, 6) is 0. The van der Waals surface area contributed by atoms with Gasteiger partial charge in [0.2, 0.25) is 0 Å². The topological polar surface area (TPSA) is 68.5 Å². The summed E-state index contributed by atoms with van der Waals surface area (Å²) >= 11 is 0. The molecule has 2 aliphatic heterocycles. The van der Waals surface area contributed by atoms with E-state index in [2.05, 4.69) is 22.4 Å². The Morgan fingerprint density at radius 1 is 1.18 bits per heavy atom. The number of nitrogens with one attached hydrogen (secondary N) is 1. The van der Waals surface area contributed by atoms with Crippen LogP contribution in [0.4, 0.5) is 11.4 Å². The van der Waals surface area contributed by atoms with Crippen molar-refractivity contribution in [1.82, 2.24) is 0 Å². The van der Waals surface area contributed by atoms with E-state index in [1.807, 2.05) is 12.1 Å². The van der Waals surface area contributed by atoms with Crippen LogP contribution in [0.25, 0.3) is 0 Å². The summed E-state index contributed by atoms with van der Waals surface area (Å²) in [7, 11) is 0. The van der Waals surface area contributed by atoms with E-state index < -0.39 is 0 Å². The molecule has 0 unspecified atom stereocenters. The van der Waals surface area contributed by atoms with Crippen LogP contribution >= 0.6 is 0 Å². The van der Waals surface area contributed by atoms with Crippen molar-refractivity contribution in [2.75, 3.05) is 36.5 Å². The first-order chi connectivity index (χ1) is 10.8. The molecule has 3 rings (SSSR count). The van der Waals surface area contributed by atoms with Gasteiger partial charge in [0.1, 0.15) is 6.07 Å². The molecule has 22 heavy (non-hydrogen) atoms. The molecule has 2 N–H and O–H groups in total. The summed E-state index contributed by atoms with van der Waals surface area (Å²) in [6, 6.07) is 8.76. The quantitative estimate of drug-likeness (QED) is 0.895. The third kappa shape index (κ3) is 3.52. The van der Waals surface area contributed by atoms with Gasteiger partial charge in [0.05, 0.1) is 17.4 Å². The van der Waals surface area contributed by atoms with Crippen LogP contribution in [0.1, 0.15) is 31.2 Å². The maximum atomic E-state index is 9.61. The molecule has 2 fully saturated rings. The predicted octanol–water partition coefficient (Wildman–Crippen LogP) is 2.11. The molecule has 0 saturated carbocycles. The first-order valence-electron chi connectivity index (χ1n) is 8.07. The highest BCUT2D eigenvalue weighted by molar-refractivity contribution is 5.65. The van der Waals surface area contributed by atoms with Gasteiger partial charge in [0.25, 0.3) is 0 Å². The molecular weight excluding hydrogens is 278 g/mol. The zero-order valence-corrected chi connectivity index (χ0v) is 12.8. The largest absolute Gasteiger partial charge is 0.393 e. The second kappa shape index (κ2) is 6.99. The van der Waals surface area contributed by atoms with Crippen molar-refractivity contribution in [3.8, 4) is 6.07 Å². The molecule has 0 amide bonds. The number of aliphatic hydroxyl groups is 1. The van der Waals surface area contributed by atoms with Gasteiger partial charge in [-0.2, -0.15) is 5.26 Å². The summed E-state index contributed by atoms with van der Waals surface area (Å²) in [6.45, 7) is 3.22. The van der Waals surface area contributed by atoms with Crippen LogP contribution in [0.2, 0.25) is 0 Å². The molecule has 5 nitrogen and oxygen atoms in total. The molecule has 5 heteroatoms. The molecule has 2 aliphatic rings. The molecule has 2 saturated heterocycles. The van der Waals surface area contributed by atoms with E-state index in [0.29, 0.717) is 11.6 Å². The van der Waals surface area contributed by atoms with E-state index in [0.717, 1.165) is 63.4 Å². The molecule has 0 aromatic heterocycles. The Morgan fingerprint density at radius 2 is 1.91 bits per heavy atom. The van der Waals surface area contributed by atoms with Crippen molar-refractivity contribution in [3.05, 3.63) is 23.8 Å². The van der Waals surface area contributed by atoms with Gasteiger partial charge in [-0.25, -0.2) is 0 Å². The average Bonchev–Trinajstić information content (AvgIpc) is 2.56. The van der Waals surface area contributed by atoms with E-state index in [1.165, 1.54) is 0 Å². The molecular formula is C17H23N3O2. The Hall–Kier alpha value is -1.77. The standard InChI is InChI=1S/C17H23N3O2/c18-12-13-11-15(19-14-5-9-22-10-6-14)1-2-17(13)20-7-3-16(21)4-8-20/h1-2,11,14,16,19,21H,3-10H2. The van der Waals surface area contributed by atoms with Crippen molar-refractivity contribution in [3.63, 3.8) is 0 Å². The van der Waals surface area contributed by atoms with Gasteiger partial charge in [-0.15, -0.1) is 0 Å². The van der Waals surface area contributed by atoms with Crippen molar-refractivity contribution < 1.29 is 9.84 Å². The van der Waals surface area contributed by atoms with E-state index in [-0.39, 0.29) is 6.10 Å². The number of piperidine rings is 1. The second-order valence-electron chi connectivity index (χ2n) is 6.09. The van der Waals surface area contributed by atoms with Crippen LogP contribution < -0.4 is 10.2 Å². The highest BCUT2D eigenvalue weighted by Gasteiger charge is 2.20. The third-order valence-corrected chi connectivity index (χ3v) is 4.51. The Labute approximate surface area is 131 Å². The minimum Gasteiger partial charge on any atom is -0.393 e. The van der Waals surface area contributed by atoms with E-state index in [4.69, 9.17) is 4.74 Å². The highest BCUT2D eigenvalue weighted by Crippen LogP contribution is 2.27. The van der Waals surface area contributed by atoms with Crippen LogP contribution in [-0.2, 0) is 4.74 Å². The van der Waals surface area contributed by atoms with Crippen LogP contribution in [0.15, 0.2) is 18.2 Å². The van der Waals surface area contributed by atoms with Crippen LogP contribution in [-0.4, -0.2) is 43.6 Å². The van der Waals surface area contributed by atoms with Crippen LogP contribution in [0, 0.1) is 11.3 Å². The molecule has 0 spiro atoms. The maximum absolute atomic E-state index is 9.61. The number of benzene rings is 1. The average molecular weight is 301 g/mol. The first-order valence-corrected chi connectivity index (χ1v) is 8.07. The predicted molar refractivity (Wildman–Crippen MR) is 86.1 cm³/mol. The van der Waals surface area contributed by atoms with Gasteiger partial charge >= 0.3 is 0 Å². The molecule has 0 bridgehead atoms. The SMILES string of the molecule is N#Cc1cc(NC2CCOCC2)ccc1N1CCC(O)CC1. The van der Waals surface area contributed by atoms with E-state index in [1.54, 1.807) is 0 Å². The summed E-state index contributed by atoms with van der Waals surface area (Å²) < 4.78 is 5.37. The molecule has 0 aliphatic carbocycles. The number of aliphatic hydroxyl groups excluding tert-OH is 1. The third-order valence-electron chi connectivity index (χ3n) is 4.51. The molecule has 0 atom stereocenters. The molecule has 1 aromatic rings. The van der Waals surface area contributed by atoms with Gasteiger partial charge in [-0.3, -0.25) is 0 Å². The van der Waals surface area contributed by atoms with Crippen molar-refractivity contribution in [2.45, 2.75) is 37.8 Å². The lowest BCUT2D eigenvalue weighted by atomic mass is 10.0. The number of ether oxygens (including phenoxy) is 1. The number of rotatable bonds is 3. The van der Waals surface area contributed by atoms with Crippen molar-refractivity contribution in [2.24, 2.45) is 0 Å². The Kier molecular flexibility index (Phi) is 4.81. The number of hydrogen-bond acceptors (Lipinski definition) is 5. The monoisotopic (exact) mass is 301 g/mol. The van der Waals surface area contributed by atoms with E-state index in [9.17, 15) is 10.4 Å². The van der Waals surface area contributed by atoms with Crippen molar-refractivity contribution in [1.29, 1.82) is 5.26 Å². The summed E-state index contributed by atoms with van der Waals surface area (Å²) in [6.07, 6.45) is 3.36. The molecule has 118 valence electrons. The maximum Gasteiger partial charge on any atom is 0.101 e. The first kappa shape index (κ1) is 15.1. The van der Waals surface area contributed by atoms with Gasteiger partial charge in [0, 0.05) is 38.0 Å². The second-order valence-corrected chi connectivity index (χ2v) is 6.09. The summed E-state index contributed by atoms with van der Waals surface area (Å²) in [5.41, 5.74) is 2.68. The Bertz CT molecular complexity index is 541. The van der Waals surface area contributed by atoms with Gasteiger partial charge < -0.3 is 20.1 Å². The number of nitriles is 1. The number of nitrogens with zero attached hydrogens (tertiary/aromatic N) is 2. The zero-order valence-electron chi connectivity index (χ0n) is 12.8. The molecule has 0 radical (unpaired) electrons. The lowest BCUT2D eigenvalue weighted by Crippen LogP contribution is -2.36. The van der Waals surface area contributed by atoms with Gasteiger partial charge in [0.15, 0.2) is 0 Å². The molecule has 1 aromatic carbocycles. The smallest absolute Gasteiger partial charge is 0.101 e. The van der Waals surface area contributed by atoms with Crippen LogP contribution in [0.5, 0.6) is 0 Å². The van der Waals surface area contributed by atoms with Gasteiger partial charge in [-0.05, 0) is 43.9 Å². The highest BCUT2D eigenvalue weighted by atomic mass is 16.5. The van der Waals surface area contributed by atoms with Crippen LogP contribution in [0.3, 0.4) is 0 Å². The summed E-state index contributed by atoms with van der Waals surface area (Å²) in [5, 5.41) is 22.6. The Balaban J connectivity index is 1.71.